The Labute approximate surface area is 111 Å². The van der Waals surface area contributed by atoms with Crippen LogP contribution >= 0.6 is 0 Å². The molecule has 0 aromatic heterocycles. The van der Waals surface area contributed by atoms with E-state index in [2.05, 4.69) is 10.0 Å². The lowest BCUT2D eigenvalue weighted by Gasteiger charge is -2.27. The van der Waals surface area contributed by atoms with Gasteiger partial charge in [0.05, 0.1) is 6.42 Å². The summed E-state index contributed by atoms with van der Waals surface area (Å²) in [6.07, 6.45) is 0.205. The van der Waals surface area contributed by atoms with Gasteiger partial charge in [-0.15, -0.1) is 0 Å². The normalized spacial score (nSPS) is 9.37. The molecule has 0 aliphatic carbocycles. The summed E-state index contributed by atoms with van der Waals surface area (Å²) >= 11 is 0. The van der Waals surface area contributed by atoms with Gasteiger partial charge in [0.1, 0.15) is 6.54 Å². The van der Waals surface area contributed by atoms with Crippen molar-refractivity contribution in [3.8, 4) is 0 Å². The van der Waals surface area contributed by atoms with Crippen molar-refractivity contribution in [3.63, 3.8) is 0 Å². The summed E-state index contributed by atoms with van der Waals surface area (Å²) in [5, 5.41) is 5.52. The van der Waals surface area contributed by atoms with Crippen molar-refractivity contribution in [2.75, 3.05) is 20.6 Å². The monoisotopic (exact) mass is 261 g/mol. The molecule has 0 aliphatic heterocycles. The average molecular weight is 261 g/mol. The van der Waals surface area contributed by atoms with Gasteiger partial charge < -0.3 is 0 Å². The van der Waals surface area contributed by atoms with Crippen LogP contribution in [-0.4, -0.2) is 42.5 Å². The van der Waals surface area contributed by atoms with Crippen molar-refractivity contribution in [2.45, 2.75) is 6.42 Å². The summed E-state index contributed by atoms with van der Waals surface area (Å²) in [6.45, 7) is -0.310. The Morgan fingerprint density at radius 3 is 2.32 bits per heavy atom. The number of amides is 2. The second-order valence-corrected chi connectivity index (χ2v) is 3.89. The fourth-order valence-electron chi connectivity index (χ4n) is 1.41. The van der Waals surface area contributed by atoms with E-state index in [1.54, 1.807) is 0 Å². The molecule has 7 nitrogen and oxygen atoms in total. The molecular formula is C12H15N5O2. The number of azide groups is 1. The Morgan fingerprint density at radius 2 is 1.74 bits per heavy atom. The molecule has 0 radical (unpaired) electrons. The Morgan fingerprint density at radius 1 is 1.16 bits per heavy atom. The zero-order chi connectivity index (χ0) is 14.3. The highest BCUT2D eigenvalue weighted by Crippen LogP contribution is 2.03. The van der Waals surface area contributed by atoms with Crippen molar-refractivity contribution in [1.29, 1.82) is 0 Å². The average Bonchev–Trinajstić information content (AvgIpc) is 2.44. The van der Waals surface area contributed by atoms with Crippen LogP contribution in [0.25, 0.3) is 10.4 Å². The third-order valence-corrected chi connectivity index (χ3v) is 2.64. The fraction of sp³-hybridized carbons (Fsp3) is 0.333. The molecule has 0 aliphatic rings. The molecule has 0 saturated heterocycles. The Bertz CT molecular complexity index is 496. The molecule has 19 heavy (non-hydrogen) atoms. The number of hydrogen-bond acceptors (Lipinski definition) is 3. The Kier molecular flexibility index (Phi) is 5.37. The second kappa shape index (κ2) is 7.03. The second-order valence-electron chi connectivity index (χ2n) is 3.89. The summed E-state index contributed by atoms with van der Waals surface area (Å²) in [6, 6.07) is 9.24. The third kappa shape index (κ3) is 4.33. The maximum atomic E-state index is 12.0. The van der Waals surface area contributed by atoms with E-state index in [0.29, 0.717) is 0 Å². The van der Waals surface area contributed by atoms with Gasteiger partial charge in [-0.2, -0.15) is 0 Å². The molecule has 0 saturated carbocycles. The number of likely N-dealkylation sites (N-methyl/N-ethyl adjacent to an activating group) is 2. The highest BCUT2D eigenvalue weighted by atomic mass is 16.2. The lowest BCUT2D eigenvalue weighted by Crippen LogP contribution is -2.46. The van der Waals surface area contributed by atoms with Crippen LogP contribution in [-0.2, 0) is 16.0 Å². The van der Waals surface area contributed by atoms with Gasteiger partial charge in [-0.25, -0.2) is 0 Å². The van der Waals surface area contributed by atoms with Gasteiger partial charge in [0.15, 0.2) is 0 Å². The van der Waals surface area contributed by atoms with Crippen molar-refractivity contribution >= 4 is 11.8 Å². The predicted molar refractivity (Wildman–Crippen MR) is 69.7 cm³/mol. The number of nitrogens with zero attached hydrogens (tertiary/aromatic N) is 5. The van der Waals surface area contributed by atoms with Crippen LogP contribution in [0.3, 0.4) is 0 Å². The van der Waals surface area contributed by atoms with Gasteiger partial charge >= 0.3 is 0 Å². The molecule has 100 valence electrons. The van der Waals surface area contributed by atoms with E-state index < -0.39 is 5.91 Å². The largest absolute Gasteiger partial charge is 0.273 e. The first kappa shape index (κ1) is 14.5. The molecule has 0 fully saturated rings. The predicted octanol–water partition coefficient (Wildman–Crippen LogP) is 1.37. The van der Waals surface area contributed by atoms with Gasteiger partial charge in [0, 0.05) is 19.0 Å². The smallest absolute Gasteiger partial charge is 0.246 e. The van der Waals surface area contributed by atoms with E-state index in [1.807, 2.05) is 30.3 Å². The van der Waals surface area contributed by atoms with Crippen molar-refractivity contribution in [2.24, 2.45) is 5.11 Å². The van der Waals surface area contributed by atoms with Crippen molar-refractivity contribution in [3.05, 3.63) is 46.3 Å². The first-order valence-corrected chi connectivity index (χ1v) is 5.64. The summed E-state index contributed by atoms with van der Waals surface area (Å²) < 4.78 is 0. The van der Waals surface area contributed by atoms with E-state index >= 15 is 0 Å². The molecule has 0 heterocycles. The Balaban J connectivity index is 2.61. The standard InChI is InChI=1S/C12H15N5O2/c1-16(17(2)12(19)9-14-15-13)11(18)8-10-6-4-3-5-7-10/h3-7H,8-9H2,1-2H3. The molecule has 0 unspecified atom stereocenters. The topological polar surface area (TPSA) is 89.4 Å². The molecule has 1 aromatic carbocycles. The van der Waals surface area contributed by atoms with Gasteiger partial charge in [-0.3, -0.25) is 19.6 Å². The molecule has 1 aromatic rings. The van der Waals surface area contributed by atoms with Crippen LogP contribution in [0.2, 0.25) is 0 Å². The van der Waals surface area contributed by atoms with E-state index in [1.165, 1.54) is 19.1 Å². The van der Waals surface area contributed by atoms with Gasteiger partial charge in [-0.1, -0.05) is 35.4 Å². The van der Waals surface area contributed by atoms with Crippen LogP contribution in [0.15, 0.2) is 35.4 Å². The lowest BCUT2D eigenvalue weighted by atomic mass is 10.1. The van der Waals surface area contributed by atoms with Crippen molar-refractivity contribution < 1.29 is 9.59 Å². The zero-order valence-electron chi connectivity index (χ0n) is 10.9. The first-order valence-electron chi connectivity index (χ1n) is 5.64. The highest BCUT2D eigenvalue weighted by molar-refractivity contribution is 5.84. The van der Waals surface area contributed by atoms with Gasteiger partial charge in [0.25, 0.3) is 0 Å². The first-order chi connectivity index (χ1) is 9.06. The number of hydrogen-bond donors (Lipinski definition) is 0. The molecule has 1 rings (SSSR count). The van der Waals surface area contributed by atoms with Crippen molar-refractivity contribution in [1.82, 2.24) is 10.0 Å². The van der Waals surface area contributed by atoms with Crippen LogP contribution in [0.4, 0.5) is 0 Å². The minimum atomic E-state index is -0.443. The number of hydrazine groups is 1. The SMILES string of the molecule is CN(C(=O)CN=[N+]=[N-])N(C)C(=O)Cc1ccccc1. The quantitative estimate of drug-likeness (QED) is 0.354. The molecular weight excluding hydrogens is 246 g/mol. The number of rotatable bonds is 4. The number of carbonyl (C=O) groups excluding carboxylic acids is 2. The molecule has 0 atom stereocenters. The maximum Gasteiger partial charge on any atom is 0.246 e. The molecule has 2 amide bonds. The summed E-state index contributed by atoms with van der Waals surface area (Å²) in [7, 11) is 2.96. The molecule has 7 heteroatoms. The van der Waals surface area contributed by atoms with Crippen LogP contribution < -0.4 is 0 Å². The minimum absolute atomic E-state index is 0.205. The van der Waals surface area contributed by atoms with Crippen LogP contribution in [0.5, 0.6) is 0 Å². The van der Waals surface area contributed by atoms with Crippen LogP contribution in [0.1, 0.15) is 5.56 Å². The zero-order valence-corrected chi connectivity index (χ0v) is 10.9. The fourth-order valence-corrected chi connectivity index (χ4v) is 1.41. The van der Waals surface area contributed by atoms with E-state index in [-0.39, 0.29) is 18.9 Å². The highest BCUT2D eigenvalue weighted by Gasteiger charge is 2.18. The van der Waals surface area contributed by atoms with Gasteiger partial charge in [-0.05, 0) is 11.1 Å². The summed E-state index contributed by atoms with van der Waals surface area (Å²) in [5.74, 6) is -0.662. The number of benzene rings is 1. The molecule has 0 spiro atoms. The minimum Gasteiger partial charge on any atom is -0.273 e. The van der Waals surface area contributed by atoms with E-state index in [9.17, 15) is 9.59 Å². The molecule has 0 bridgehead atoms. The summed E-state index contributed by atoms with van der Waals surface area (Å²) in [4.78, 5) is 26.0. The van der Waals surface area contributed by atoms with E-state index in [0.717, 1.165) is 10.6 Å². The van der Waals surface area contributed by atoms with Crippen LogP contribution in [0, 0.1) is 0 Å². The van der Waals surface area contributed by atoms with Gasteiger partial charge in [0.2, 0.25) is 11.8 Å². The summed E-state index contributed by atoms with van der Waals surface area (Å²) in [5.41, 5.74) is 9.02. The molecule has 0 N–H and O–H groups in total. The third-order valence-electron chi connectivity index (χ3n) is 2.64. The number of carbonyl (C=O) groups is 2. The Hall–Kier alpha value is -2.53. The van der Waals surface area contributed by atoms with E-state index in [4.69, 9.17) is 5.53 Å². The lowest BCUT2D eigenvalue weighted by molar-refractivity contribution is -0.156. The maximum absolute atomic E-state index is 12.0.